The lowest BCUT2D eigenvalue weighted by atomic mass is 9.72. The normalized spacial score (nSPS) is 11.3. The number of hydrogen-bond donors (Lipinski definition) is 0. The van der Waals surface area contributed by atoms with Crippen LogP contribution in [0.2, 0.25) is 10.0 Å². The molecular weight excluding hydrogens is 363 g/mol. The highest BCUT2D eigenvalue weighted by Crippen LogP contribution is 2.41. The van der Waals surface area contributed by atoms with Gasteiger partial charge in [-0.05, 0) is 30.5 Å². The first-order valence-electron chi connectivity index (χ1n) is 8.52. The van der Waals surface area contributed by atoms with E-state index in [1.807, 2.05) is 30.9 Å². The van der Waals surface area contributed by atoms with Gasteiger partial charge in [-0.2, -0.15) is 0 Å². The van der Waals surface area contributed by atoms with Crippen LogP contribution in [-0.2, 0) is 12.0 Å². The van der Waals surface area contributed by atoms with Crippen molar-refractivity contribution in [2.24, 2.45) is 0 Å². The van der Waals surface area contributed by atoms with E-state index in [0.29, 0.717) is 5.02 Å². The molecule has 0 spiro atoms. The molecule has 1 heterocycles. The van der Waals surface area contributed by atoms with Crippen LogP contribution in [0.3, 0.4) is 0 Å². The van der Waals surface area contributed by atoms with Crippen molar-refractivity contribution in [1.82, 2.24) is 9.55 Å². The first-order valence-corrected chi connectivity index (χ1v) is 9.28. The summed E-state index contributed by atoms with van der Waals surface area (Å²) in [6, 6.07) is 5.95. The van der Waals surface area contributed by atoms with Gasteiger partial charge in [-0.25, -0.2) is 4.98 Å². The number of unbranched alkanes of at least 4 members (excludes halogenated alkanes) is 2. The highest BCUT2D eigenvalue weighted by atomic mass is 35.5. The summed E-state index contributed by atoms with van der Waals surface area (Å²) in [6.07, 6.45) is 12.8. The molecule has 0 aliphatic carbocycles. The number of nitrogens with zero attached hydrogens (tertiary/aromatic N) is 2. The average molecular weight is 390 g/mol. The first-order chi connectivity index (χ1) is 11.1. The van der Waals surface area contributed by atoms with E-state index in [4.69, 9.17) is 23.2 Å². The van der Waals surface area contributed by atoms with E-state index in [-0.39, 0.29) is 17.8 Å². The summed E-state index contributed by atoms with van der Waals surface area (Å²) in [5.74, 6) is 0. The number of benzene rings is 1. The van der Waals surface area contributed by atoms with Crippen LogP contribution >= 0.6 is 35.6 Å². The SMILES string of the molecule is CCCCC(CCCC)(Cn1ccnc1)c1ccc(Cl)cc1Cl.Cl. The molecule has 2 aromatic rings. The van der Waals surface area contributed by atoms with Crippen LogP contribution < -0.4 is 0 Å². The van der Waals surface area contributed by atoms with Gasteiger partial charge in [-0.15, -0.1) is 12.4 Å². The summed E-state index contributed by atoms with van der Waals surface area (Å²) in [5, 5.41) is 1.48. The van der Waals surface area contributed by atoms with Gasteiger partial charge in [0, 0.05) is 34.4 Å². The molecule has 2 rings (SSSR count). The summed E-state index contributed by atoms with van der Waals surface area (Å²) in [7, 11) is 0. The molecule has 0 bridgehead atoms. The molecule has 0 saturated carbocycles. The van der Waals surface area contributed by atoms with Gasteiger partial charge in [-0.3, -0.25) is 0 Å². The van der Waals surface area contributed by atoms with Gasteiger partial charge in [-0.1, -0.05) is 68.8 Å². The van der Waals surface area contributed by atoms with Crippen LogP contribution in [0.5, 0.6) is 0 Å². The van der Waals surface area contributed by atoms with Gasteiger partial charge in [0.25, 0.3) is 0 Å². The zero-order chi connectivity index (χ0) is 16.7. The lowest BCUT2D eigenvalue weighted by molar-refractivity contribution is 0.295. The Hall–Kier alpha value is -0.700. The Morgan fingerprint density at radius 1 is 1.08 bits per heavy atom. The third kappa shape index (κ3) is 5.40. The number of halogens is 3. The van der Waals surface area contributed by atoms with E-state index < -0.39 is 0 Å². The topological polar surface area (TPSA) is 17.8 Å². The molecule has 0 radical (unpaired) electrons. The highest BCUT2D eigenvalue weighted by molar-refractivity contribution is 6.35. The maximum absolute atomic E-state index is 6.60. The van der Waals surface area contributed by atoms with Crippen LogP contribution in [0.4, 0.5) is 0 Å². The molecule has 0 saturated heterocycles. The van der Waals surface area contributed by atoms with Crippen LogP contribution in [-0.4, -0.2) is 9.55 Å². The van der Waals surface area contributed by atoms with E-state index in [1.165, 1.54) is 31.2 Å². The fourth-order valence-electron chi connectivity index (χ4n) is 3.32. The number of rotatable bonds is 9. The molecule has 5 heteroatoms. The number of imidazole rings is 1. The predicted molar refractivity (Wildman–Crippen MR) is 107 cm³/mol. The van der Waals surface area contributed by atoms with Crippen molar-refractivity contribution in [3.05, 3.63) is 52.5 Å². The van der Waals surface area contributed by atoms with Crippen LogP contribution in [0.1, 0.15) is 57.9 Å². The molecule has 1 aromatic heterocycles. The molecule has 0 aliphatic rings. The number of aromatic nitrogens is 2. The van der Waals surface area contributed by atoms with Crippen LogP contribution in [0.15, 0.2) is 36.9 Å². The average Bonchev–Trinajstić information content (AvgIpc) is 3.03. The van der Waals surface area contributed by atoms with Gasteiger partial charge < -0.3 is 4.57 Å². The Balaban J connectivity index is 0.00000288. The summed E-state index contributed by atoms with van der Waals surface area (Å²) in [6.45, 7) is 5.39. The minimum absolute atomic E-state index is 0. The molecule has 24 heavy (non-hydrogen) atoms. The van der Waals surface area contributed by atoms with Crippen molar-refractivity contribution in [2.45, 2.75) is 64.3 Å². The smallest absolute Gasteiger partial charge is 0.0946 e. The zero-order valence-corrected chi connectivity index (χ0v) is 16.8. The zero-order valence-electron chi connectivity index (χ0n) is 14.5. The standard InChI is InChI=1S/C19H26Cl2N2.ClH/c1-3-5-9-19(10-6-4-2,14-23-12-11-22-15-23)17-8-7-16(20)13-18(17)21;/h7-8,11-13,15H,3-6,9-10,14H2,1-2H3;1H. The molecule has 134 valence electrons. The van der Waals surface area contributed by atoms with Gasteiger partial charge in [0.1, 0.15) is 0 Å². The minimum atomic E-state index is 0. The van der Waals surface area contributed by atoms with Crippen molar-refractivity contribution in [1.29, 1.82) is 0 Å². The molecule has 1 aromatic carbocycles. The maximum Gasteiger partial charge on any atom is 0.0946 e. The molecular formula is C19H27Cl3N2. The van der Waals surface area contributed by atoms with Crippen LogP contribution in [0, 0.1) is 0 Å². The molecule has 0 fully saturated rings. The Morgan fingerprint density at radius 3 is 2.25 bits per heavy atom. The van der Waals surface area contributed by atoms with Gasteiger partial charge in [0.05, 0.1) is 6.33 Å². The first kappa shape index (κ1) is 21.3. The lowest BCUT2D eigenvalue weighted by Crippen LogP contribution is -2.32. The Kier molecular flexibility index (Phi) is 9.18. The molecule has 2 nitrogen and oxygen atoms in total. The van der Waals surface area contributed by atoms with E-state index in [9.17, 15) is 0 Å². The van der Waals surface area contributed by atoms with Gasteiger partial charge in [0.15, 0.2) is 0 Å². The van der Waals surface area contributed by atoms with Crippen LogP contribution in [0.25, 0.3) is 0 Å². The highest BCUT2D eigenvalue weighted by Gasteiger charge is 2.33. The van der Waals surface area contributed by atoms with E-state index >= 15 is 0 Å². The maximum atomic E-state index is 6.60. The van der Waals surface area contributed by atoms with Crippen molar-refractivity contribution in [3.8, 4) is 0 Å². The third-order valence-electron chi connectivity index (χ3n) is 4.56. The second-order valence-corrected chi connectivity index (χ2v) is 7.19. The quantitative estimate of drug-likeness (QED) is 0.454. The summed E-state index contributed by atoms with van der Waals surface area (Å²) in [4.78, 5) is 4.21. The van der Waals surface area contributed by atoms with Crippen molar-refractivity contribution in [2.75, 3.05) is 0 Å². The molecule has 0 N–H and O–H groups in total. The van der Waals surface area contributed by atoms with Gasteiger partial charge >= 0.3 is 0 Å². The monoisotopic (exact) mass is 388 g/mol. The van der Waals surface area contributed by atoms with Crippen molar-refractivity contribution in [3.63, 3.8) is 0 Å². The molecule has 0 unspecified atom stereocenters. The minimum Gasteiger partial charge on any atom is -0.337 e. The molecule has 0 amide bonds. The Bertz CT molecular complexity index is 589. The fourth-order valence-corrected chi connectivity index (χ4v) is 3.93. The van der Waals surface area contributed by atoms with Crippen molar-refractivity contribution < 1.29 is 0 Å². The van der Waals surface area contributed by atoms with Gasteiger partial charge in [0.2, 0.25) is 0 Å². The van der Waals surface area contributed by atoms with E-state index in [1.54, 1.807) is 0 Å². The van der Waals surface area contributed by atoms with E-state index in [2.05, 4.69) is 29.5 Å². The second kappa shape index (κ2) is 10.3. The molecule has 0 atom stereocenters. The largest absolute Gasteiger partial charge is 0.337 e. The number of hydrogen-bond acceptors (Lipinski definition) is 1. The fraction of sp³-hybridized carbons (Fsp3) is 0.526. The predicted octanol–water partition coefficient (Wildman–Crippen LogP) is 6.93. The summed E-state index contributed by atoms with van der Waals surface area (Å²) in [5.41, 5.74) is 1.26. The van der Waals surface area contributed by atoms with Crippen molar-refractivity contribution >= 4 is 35.6 Å². The Morgan fingerprint density at radius 2 is 1.75 bits per heavy atom. The summed E-state index contributed by atoms with van der Waals surface area (Å²) < 4.78 is 2.18. The Labute approximate surface area is 162 Å². The lowest BCUT2D eigenvalue weighted by Gasteiger charge is -2.36. The van der Waals surface area contributed by atoms with E-state index in [0.717, 1.165) is 24.4 Å². The summed E-state index contributed by atoms with van der Waals surface area (Å²) >= 11 is 12.7. The molecule has 0 aliphatic heterocycles. The second-order valence-electron chi connectivity index (χ2n) is 6.35. The third-order valence-corrected chi connectivity index (χ3v) is 5.11.